The summed E-state index contributed by atoms with van der Waals surface area (Å²) >= 11 is 0. The number of nitrogens with zero attached hydrogens (tertiary/aromatic N) is 2. The second-order valence-corrected chi connectivity index (χ2v) is 6.13. The molecule has 0 saturated carbocycles. The number of halogens is 1. The minimum Gasteiger partial charge on any atom is -0.354 e. The van der Waals surface area contributed by atoms with Crippen molar-refractivity contribution in [3.63, 3.8) is 0 Å². The molecule has 1 unspecified atom stereocenters. The molecule has 0 aromatic heterocycles. The zero-order valence-corrected chi connectivity index (χ0v) is 18.3. The van der Waals surface area contributed by atoms with Gasteiger partial charge in [-0.3, -0.25) is 4.99 Å². The fourth-order valence-corrected chi connectivity index (χ4v) is 2.55. The molecule has 2 N–H and O–H groups in total. The summed E-state index contributed by atoms with van der Waals surface area (Å²) in [6.07, 6.45) is 2.37. The van der Waals surface area contributed by atoms with Gasteiger partial charge in [-0.15, -0.1) is 24.0 Å². The molecule has 0 heterocycles. The van der Waals surface area contributed by atoms with Crippen molar-refractivity contribution in [3.05, 3.63) is 35.4 Å². The standard InChI is InChI=1S/C19H34N4.HI/c1-6-23(7-2)14-8-9-17(4)22-19(20-5)21-15-18-12-10-16(3)11-13-18;/h10-13,17H,6-9,14-15H2,1-5H3,(H2,20,21,22);1H. The highest BCUT2D eigenvalue weighted by molar-refractivity contribution is 14.0. The van der Waals surface area contributed by atoms with Crippen LogP contribution in [-0.4, -0.2) is 43.6 Å². The Bertz CT molecular complexity index is 455. The van der Waals surface area contributed by atoms with Crippen LogP contribution in [0.25, 0.3) is 0 Å². The summed E-state index contributed by atoms with van der Waals surface area (Å²) in [5.74, 6) is 0.876. The summed E-state index contributed by atoms with van der Waals surface area (Å²) in [6.45, 7) is 13.0. The molecule has 1 aromatic carbocycles. The monoisotopic (exact) mass is 446 g/mol. The van der Waals surface area contributed by atoms with Crippen molar-refractivity contribution in [3.8, 4) is 0 Å². The van der Waals surface area contributed by atoms with E-state index in [1.165, 1.54) is 24.1 Å². The van der Waals surface area contributed by atoms with E-state index in [0.29, 0.717) is 6.04 Å². The topological polar surface area (TPSA) is 39.7 Å². The first-order valence-corrected chi connectivity index (χ1v) is 8.84. The quantitative estimate of drug-likeness (QED) is 0.345. The van der Waals surface area contributed by atoms with Crippen molar-refractivity contribution in [2.75, 3.05) is 26.7 Å². The van der Waals surface area contributed by atoms with Gasteiger partial charge in [0.2, 0.25) is 0 Å². The number of aliphatic imine (C=N–C) groups is 1. The van der Waals surface area contributed by atoms with Crippen LogP contribution in [0.5, 0.6) is 0 Å². The van der Waals surface area contributed by atoms with Crippen molar-refractivity contribution >= 4 is 29.9 Å². The molecular formula is C19H35IN4. The number of hydrogen-bond acceptors (Lipinski definition) is 2. The van der Waals surface area contributed by atoms with Gasteiger partial charge in [0.15, 0.2) is 5.96 Å². The third kappa shape index (κ3) is 9.47. The lowest BCUT2D eigenvalue weighted by molar-refractivity contribution is 0.292. The molecule has 0 saturated heterocycles. The van der Waals surface area contributed by atoms with Crippen molar-refractivity contribution in [1.29, 1.82) is 0 Å². The molecule has 0 radical (unpaired) electrons. The largest absolute Gasteiger partial charge is 0.354 e. The van der Waals surface area contributed by atoms with E-state index in [4.69, 9.17) is 0 Å². The number of hydrogen-bond donors (Lipinski definition) is 2. The van der Waals surface area contributed by atoms with E-state index >= 15 is 0 Å². The van der Waals surface area contributed by atoms with Crippen LogP contribution in [0.1, 0.15) is 44.7 Å². The lowest BCUT2D eigenvalue weighted by Gasteiger charge is -2.21. The third-order valence-electron chi connectivity index (χ3n) is 4.19. The number of aryl methyl sites for hydroxylation is 1. The first-order valence-electron chi connectivity index (χ1n) is 8.84. The van der Waals surface area contributed by atoms with Gasteiger partial charge >= 0.3 is 0 Å². The first-order chi connectivity index (χ1) is 11.1. The van der Waals surface area contributed by atoms with Gasteiger partial charge in [0.05, 0.1) is 0 Å². The summed E-state index contributed by atoms with van der Waals surface area (Å²) in [5, 5.41) is 6.86. The Hall–Kier alpha value is -0.820. The maximum atomic E-state index is 4.32. The van der Waals surface area contributed by atoms with E-state index in [1.54, 1.807) is 0 Å². The van der Waals surface area contributed by atoms with Gasteiger partial charge in [0.25, 0.3) is 0 Å². The van der Waals surface area contributed by atoms with E-state index in [1.807, 2.05) is 7.05 Å². The van der Waals surface area contributed by atoms with Crippen LogP contribution in [-0.2, 0) is 6.54 Å². The molecule has 0 spiro atoms. The Morgan fingerprint density at radius 2 is 1.79 bits per heavy atom. The smallest absolute Gasteiger partial charge is 0.191 e. The molecule has 1 aromatic rings. The molecule has 4 nitrogen and oxygen atoms in total. The Labute approximate surface area is 165 Å². The first kappa shape index (κ1) is 23.2. The van der Waals surface area contributed by atoms with Crippen LogP contribution < -0.4 is 10.6 Å². The van der Waals surface area contributed by atoms with Gasteiger partial charge in [-0.1, -0.05) is 43.7 Å². The summed E-state index contributed by atoms with van der Waals surface area (Å²) in [4.78, 5) is 6.79. The minimum absolute atomic E-state index is 0. The normalized spacial score (nSPS) is 12.7. The number of rotatable bonds is 9. The van der Waals surface area contributed by atoms with Crippen molar-refractivity contribution in [2.45, 2.75) is 53.1 Å². The minimum atomic E-state index is 0. The zero-order valence-electron chi connectivity index (χ0n) is 15.9. The number of guanidine groups is 1. The second-order valence-electron chi connectivity index (χ2n) is 6.13. The lowest BCUT2D eigenvalue weighted by Crippen LogP contribution is -2.42. The van der Waals surface area contributed by atoms with Crippen LogP contribution in [0.15, 0.2) is 29.3 Å². The van der Waals surface area contributed by atoms with Gasteiger partial charge in [-0.05, 0) is 51.9 Å². The predicted octanol–water partition coefficient (Wildman–Crippen LogP) is 3.79. The molecule has 1 rings (SSSR count). The van der Waals surface area contributed by atoms with Crippen LogP contribution in [0.2, 0.25) is 0 Å². The van der Waals surface area contributed by atoms with Crippen LogP contribution in [0.3, 0.4) is 0 Å². The average molecular weight is 446 g/mol. The lowest BCUT2D eigenvalue weighted by atomic mass is 10.1. The van der Waals surface area contributed by atoms with Crippen molar-refractivity contribution < 1.29 is 0 Å². The Balaban J connectivity index is 0.00000529. The number of nitrogens with one attached hydrogen (secondary N) is 2. The van der Waals surface area contributed by atoms with Crippen LogP contribution in [0, 0.1) is 6.92 Å². The highest BCUT2D eigenvalue weighted by atomic mass is 127. The fraction of sp³-hybridized carbons (Fsp3) is 0.632. The Morgan fingerprint density at radius 3 is 2.33 bits per heavy atom. The fourth-order valence-electron chi connectivity index (χ4n) is 2.55. The molecule has 0 aliphatic heterocycles. The molecule has 0 amide bonds. The summed E-state index contributed by atoms with van der Waals surface area (Å²) in [6, 6.07) is 9.02. The van der Waals surface area contributed by atoms with E-state index < -0.39 is 0 Å². The number of benzene rings is 1. The Morgan fingerprint density at radius 1 is 1.17 bits per heavy atom. The van der Waals surface area contributed by atoms with E-state index in [2.05, 4.69) is 72.5 Å². The molecule has 1 atom stereocenters. The molecule has 138 valence electrons. The highest BCUT2D eigenvalue weighted by Gasteiger charge is 2.06. The van der Waals surface area contributed by atoms with E-state index in [0.717, 1.165) is 32.0 Å². The zero-order chi connectivity index (χ0) is 17.1. The highest BCUT2D eigenvalue weighted by Crippen LogP contribution is 2.03. The Kier molecular flexibility index (Phi) is 13.0. The van der Waals surface area contributed by atoms with Gasteiger partial charge in [-0.25, -0.2) is 0 Å². The maximum Gasteiger partial charge on any atom is 0.191 e. The van der Waals surface area contributed by atoms with Crippen LogP contribution >= 0.6 is 24.0 Å². The van der Waals surface area contributed by atoms with Crippen molar-refractivity contribution in [2.24, 2.45) is 4.99 Å². The van der Waals surface area contributed by atoms with Gasteiger partial charge in [-0.2, -0.15) is 0 Å². The van der Waals surface area contributed by atoms with Crippen LogP contribution in [0.4, 0.5) is 0 Å². The molecule has 0 fully saturated rings. The summed E-state index contributed by atoms with van der Waals surface area (Å²) in [5.41, 5.74) is 2.56. The summed E-state index contributed by atoms with van der Waals surface area (Å²) < 4.78 is 0. The third-order valence-corrected chi connectivity index (χ3v) is 4.19. The van der Waals surface area contributed by atoms with E-state index in [-0.39, 0.29) is 24.0 Å². The molecular weight excluding hydrogens is 411 g/mol. The molecule has 0 aliphatic carbocycles. The van der Waals surface area contributed by atoms with E-state index in [9.17, 15) is 0 Å². The maximum absolute atomic E-state index is 4.32. The van der Waals surface area contributed by atoms with Gasteiger partial charge in [0, 0.05) is 19.6 Å². The summed E-state index contributed by atoms with van der Waals surface area (Å²) in [7, 11) is 1.83. The molecule has 0 bridgehead atoms. The molecule has 24 heavy (non-hydrogen) atoms. The van der Waals surface area contributed by atoms with Gasteiger partial charge < -0.3 is 15.5 Å². The van der Waals surface area contributed by atoms with Crippen molar-refractivity contribution in [1.82, 2.24) is 15.5 Å². The second kappa shape index (κ2) is 13.5. The van der Waals surface area contributed by atoms with Gasteiger partial charge in [0.1, 0.15) is 0 Å². The SMILES string of the molecule is CCN(CC)CCCC(C)NC(=NC)NCc1ccc(C)cc1.I. The predicted molar refractivity (Wildman–Crippen MR) is 116 cm³/mol. The average Bonchev–Trinajstić information content (AvgIpc) is 2.57. The molecule has 0 aliphatic rings. The molecule has 5 heteroatoms.